The topological polar surface area (TPSA) is 78.9 Å². The summed E-state index contributed by atoms with van der Waals surface area (Å²) in [7, 11) is -3.32. The fourth-order valence-electron chi connectivity index (χ4n) is 3.79. The van der Waals surface area contributed by atoms with Crippen LogP contribution in [0.2, 0.25) is 0 Å². The van der Waals surface area contributed by atoms with Crippen LogP contribution >= 0.6 is 0 Å². The van der Waals surface area contributed by atoms with Crippen molar-refractivity contribution in [3.63, 3.8) is 0 Å². The molecule has 1 heterocycles. The number of aliphatic hydroxyl groups excluding tert-OH is 1. The quantitative estimate of drug-likeness (QED) is 0.641. The van der Waals surface area contributed by atoms with Crippen LogP contribution < -0.4 is 4.72 Å². The van der Waals surface area contributed by atoms with E-state index in [4.69, 9.17) is 4.74 Å². The first-order chi connectivity index (χ1) is 11.2. The molecule has 25 heavy (non-hydrogen) atoms. The number of aliphatic hydroxyl groups is 1. The maximum atomic E-state index is 11.8. The van der Waals surface area contributed by atoms with E-state index in [1.54, 1.807) is 0 Å². The molecule has 0 aromatic carbocycles. The zero-order valence-corrected chi connectivity index (χ0v) is 17.8. The van der Waals surface area contributed by atoms with Gasteiger partial charge in [0.2, 0.25) is 10.0 Å². The highest BCUT2D eigenvalue weighted by molar-refractivity contribution is 7.88. The first-order valence-corrected chi connectivity index (χ1v) is 11.1. The van der Waals surface area contributed by atoms with Gasteiger partial charge in [-0.15, -0.1) is 0 Å². The van der Waals surface area contributed by atoms with Crippen molar-refractivity contribution in [3.05, 3.63) is 0 Å². The van der Waals surface area contributed by atoms with Gasteiger partial charge in [0.15, 0.2) is 0 Å². The molecule has 1 fully saturated rings. The van der Waals surface area contributed by atoms with Crippen molar-refractivity contribution >= 4 is 10.0 Å². The minimum Gasteiger partial charge on any atom is -0.393 e. The minimum atomic E-state index is -3.32. The number of nitrogens with one attached hydrogen (secondary N) is 1. The standard InChI is InChI=1S/C18H38N2O4S/c1-14(2)24-12-16(19-25(7,22)23)17(3,4)13-18(5,6)20-10-8-15(21)9-11-20/h14-16,19,21H,8-13H2,1-7H3. The summed E-state index contributed by atoms with van der Waals surface area (Å²) in [5.41, 5.74) is -0.365. The Labute approximate surface area is 154 Å². The summed E-state index contributed by atoms with van der Waals surface area (Å²) in [5.74, 6) is 0. The molecule has 0 aromatic rings. The van der Waals surface area contributed by atoms with Crippen molar-refractivity contribution in [2.75, 3.05) is 26.0 Å². The van der Waals surface area contributed by atoms with Crippen LogP contribution in [0.5, 0.6) is 0 Å². The van der Waals surface area contributed by atoms with Crippen molar-refractivity contribution in [1.82, 2.24) is 9.62 Å². The molecule has 150 valence electrons. The van der Waals surface area contributed by atoms with E-state index in [2.05, 4.69) is 37.3 Å². The van der Waals surface area contributed by atoms with Gasteiger partial charge in [0.25, 0.3) is 0 Å². The van der Waals surface area contributed by atoms with Gasteiger partial charge >= 0.3 is 0 Å². The van der Waals surface area contributed by atoms with Crippen molar-refractivity contribution < 1.29 is 18.3 Å². The molecule has 0 radical (unpaired) electrons. The average molecular weight is 379 g/mol. The van der Waals surface area contributed by atoms with Gasteiger partial charge in [-0.1, -0.05) is 13.8 Å². The Kier molecular flexibility index (Phi) is 7.90. The van der Waals surface area contributed by atoms with Gasteiger partial charge in [-0.3, -0.25) is 4.90 Å². The van der Waals surface area contributed by atoms with E-state index in [9.17, 15) is 13.5 Å². The summed E-state index contributed by atoms with van der Waals surface area (Å²) >= 11 is 0. The number of nitrogens with zero attached hydrogens (tertiary/aromatic N) is 1. The van der Waals surface area contributed by atoms with Gasteiger partial charge in [-0.05, 0) is 52.4 Å². The molecular weight excluding hydrogens is 340 g/mol. The number of piperidine rings is 1. The van der Waals surface area contributed by atoms with Crippen LogP contribution in [0.3, 0.4) is 0 Å². The second kappa shape index (κ2) is 8.65. The van der Waals surface area contributed by atoms with E-state index in [-0.39, 0.29) is 29.2 Å². The molecule has 1 unspecified atom stereocenters. The van der Waals surface area contributed by atoms with Gasteiger partial charge < -0.3 is 9.84 Å². The van der Waals surface area contributed by atoms with E-state index in [1.165, 1.54) is 6.26 Å². The maximum absolute atomic E-state index is 11.8. The van der Waals surface area contributed by atoms with Crippen LogP contribution in [0.25, 0.3) is 0 Å². The Morgan fingerprint density at radius 3 is 2.16 bits per heavy atom. The van der Waals surface area contributed by atoms with Gasteiger partial charge in [0, 0.05) is 18.6 Å². The lowest BCUT2D eigenvalue weighted by atomic mass is 9.74. The van der Waals surface area contributed by atoms with Gasteiger partial charge in [0.05, 0.1) is 31.1 Å². The second-order valence-corrected chi connectivity index (χ2v) is 10.8. The zero-order valence-electron chi connectivity index (χ0n) is 17.0. The molecule has 1 aliphatic rings. The average Bonchev–Trinajstić information content (AvgIpc) is 2.41. The number of hydrogen-bond acceptors (Lipinski definition) is 5. The lowest BCUT2D eigenvalue weighted by molar-refractivity contribution is -0.00963. The number of rotatable bonds is 9. The molecule has 1 aliphatic heterocycles. The van der Waals surface area contributed by atoms with Gasteiger partial charge in [-0.2, -0.15) is 0 Å². The fraction of sp³-hybridized carbons (Fsp3) is 1.00. The molecular formula is C18H38N2O4S. The largest absolute Gasteiger partial charge is 0.393 e. The number of likely N-dealkylation sites (tertiary alicyclic amines) is 1. The number of sulfonamides is 1. The smallest absolute Gasteiger partial charge is 0.209 e. The van der Waals surface area contributed by atoms with Crippen molar-refractivity contribution in [2.24, 2.45) is 5.41 Å². The number of hydrogen-bond donors (Lipinski definition) is 2. The van der Waals surface area contributed by atoms with Crippen LogP contribution in [0.1, 0.15) is 60.8 Å². The molecule has 1 rings (SSSR count). The maximum Gasteiger partial charge on any atom is 0.209 e. The van der Waals surface area contributed by atoms with E-state index in [0.717, 1.165) is 32.4 Å². The molecule has 0 saturated carbocycles. The Morgan fingerprint density at radius 2 is 1.72 bits per heavy atom. The summed E-state index contributed by atoms with van der Waals surface area (Å²) < 4.78 is 32.2. The Hall–Kier alpha value is -0.210. The van der Waals surface area contributed by atoms with Crippen molar-refractivity contribution in [3.8, 4) is 0 Å². The van der Waals surface area contributed by atoms with Crippen molar-refractivity contribution in [2.45, 2.75) is 84.6 Å². The Bertz CT molecular complexity index is 509. The Morgan fingerprint density at radius 1 is 1.20 bits per heavy atom. The highest BCUT2D eigenvalue weighted by Crippen LogP contribution is 2.36. The van der Waals surface area contributed by atoms with E-state index in [0.29, 0.717) is 6.61 Å². The van der Waals surface area contributed by atoms with Crippen LogP contribution in [0.15, 0.2) is 0 Å². The normalized spacial score (nSPS) is 20.2. The van der Waals surface area contributed by atoms with Crippen LogP contribution in [0.4, 0.5) is 0 Å². The lowest BCUT2D eigenvalue weighted by Gasteiger charge is -2.47. The zero-order chi connectivity index (χ0) is 19.5. The van der Waals surface area contributed by atoms with Crippen LogP contribution in [0, 0.1) is 5.41 Å². The minimum absolute atomic E-state index is 0.0521. The summed E-state index contributed by atoms with van der Waals surface area (Å²) in [4.78, 5) is 2.41. The van der Waals surface area contributed by atoms with Gasteiger partial charge in [-0.25, -0.2) is 13.1 Å². The lowest BCUT2D eigenvalue weighted by Crippen LogP contribution is -2.55. The summed E-state index contributed by atoms with van der Waals surface area (Å²) in [6, 6.07) is -0.292. The fourth-order valence-corrected chi connectivity index (χ4v) is 4.69. The molecule has 1 atom stereocenters. The first-order valence-electron chi connectivity index (χ1n) is 9.25. The predicted molar refractivity (Wildman–Crippen MR) is 102 cm³/mol. The molecule has 0 aromatic heterocycles. The molecule has 0 spiro atoms. The van der Waals surface area contributed by atoms with E-state index < -0.39 is 10.0 Å². The molecule has 7 heteroatoms. The molecule has 0 amide bonds. The molecule has 6 nitrogen and oxygen atoms in total. The summed E-state index contributed by atoms with van der Waals surface area (Å²) in [5, 5.41) is 9.74. The van der Waals surface area contributed by atoms with Gasteiger partial charge in [0.1, 0.15) is 0 Å². The highest BCUT2D eigenvalue weighted by Gasteiger charge is 2.40. The first kappa shape index (κ1) is 22.8. The third-order valence-corrected chi connectivity index (χ3v) is 5.82. The molecule has 0 aliphatic carbocycles. The Balaban J connectivity index is 2.87. The second-order valence-electron chi connectivity index (χ2n) is 9.02. The highest BCUT2D eigenvalue weighted by atomic mass is 32.2. The molecule has 1 saturated heterocycles. The number of ether oxygens (including phenoxy) is 1. The molecule has 0 bridgehead atoms. The third kappa shape index (κ3) is 7.91. The monoisotopic (exact) mass is 378 g/mol. The van der Waals surface area contributed by atoms with Crippen LogP contribution in [-0.4, -0.2) is 68.2 Å². The van der Waals surface area contributed by atoms with Crippen LogP contribution in [-0.2, 0) is 14.8 Å². The third-order valence-electron chi connectivity index (χ3n) is 5.10. The van der Waals surface area contributed by atoms with Crippen molar-refractivity contribution in [1.29, 1.82) is 0 Å². The van der Waals surface area contributed by atoms with E-state index >= 15 is 0 Å². The SMILES string of the molecule is CC(C)OCC(NS(C)(=O)=O)C(C)(C)CC(C)(C)N1CCC(O)CC1. The molecule has 2 N–H and O–H groups in total. The predicted octanol–water partition coefficient (Wildman–Crippen LogP) is 1.98. The van der Waals surface area contributed by atoms with E-state index in [1.807, 2.05) is 13.8 Å². The summed E-state index contributed by atoms with van der Waals surface area (Å²) in [6.45, 7) is 14.6. The summed E-state index contributed by atoms with van der Waals surface area (Å²) in [6.07, 6.45) is 3.47.